The van der Waals surface area contributed by atoms with E-state index in [4.69, 9.17) is 10.5 Å². The number of carbonyl (C=O) groups excluding carboxylic acids is 1. The molecule has 1 amide bonds. The first-order chi connectivity index (χ1) is 20.0. The van der Waals surface area contributed by atoms with E-state index in [1.165, 1.54) is 42.3 Å². The summed E-state index contributed by atoms with van der Waals surface area (Å²) in [6, 6.07) is 11.2. The van der Waals surface area contributed by atoms with Crippen molar-refractivity contribution in [3.8, 4) is 5.82 Å². The largest absolute Gasteiger partial charge is 0.379 e. The van der Waals surface area contributed by atoms with Gasteiger partial charge >= 0.3 is 0 Å². The van der Waals surface area contributed by atoms with Gasteiger partial charge in [0.1, 0.15) is 12.1 Å². The monoisotopic (exact) mass is 560 g/mol. The molecule has 3 N–H and O–H groups in total. The Morgan fingerprint density at radius 3 is 2.46 bits per heavy atom. The lowest BCUT2D eigenvalue weighted by Crippen LogP contribution is -2.44. The molecule has 0 atom stereocenters. The first-order valence-corrected chi connectivity index (χ1v) is 14.8. The number of benzene rings is 1. The van der Waals surface area contributed by atoms with Crippen LogP contribution in [0.5, 0.6) is 0 Å². The molecule has 0 spiro atoms. The van der Waals surface area contributed by atoms with Crippen LogP contribution >= 0.6 is 0 Å². The molecule has 1 aliphatic carbocycles. The maximum Gasteiger partial charge on any atom is 0.248 e. The highest BCUT2D eigenvalue weighted by atomic mass is 16.5. The number of nitrogens with one attached hydrogen (secondary N) is 1. The normalized spacial score (nSPS) is 22.4. The van der Waals surface area contributed by atoms with Gasteiger partial charge < -0.3 is 25.6 Å². The molecule has 6 rings (SSSR count). The number of hydrogen-bond donors (Lipinski definition) is 2. The smallest absolute Gasteiger partial charge is 0.248 e. The Bertz CT molecular complexity index is 1320. The van der Waals surface area contributed by atoms with E-state index >= 15 is 0 Å². The van der Waals surface area contributed by atoms with Crippen LogP contribution in [-0.2, 0) is 9.53 Å². The molecule has 0 bridgehead atoms. The van der Waals surface area contributed by atoms with Crippen LogP contribution in [0.1, 0.15) is 50.5 Å². The molecular formula is C29H40N10O2. The number of aromatic nitrogens is 5. The highest BCUT2D eigenvalue weighted by molar-refractivity contribution is 5.73. The van der Waals surface area contributed by atoms with Crippen LogP contribution < -0.4 is 16.0 Å². The first kappa shape index (κ1) is 27.4. The van der Waals surface area contributed by atoms with Gasteiger partial charge in [0.25, 0.3) is 0 Å². The van der Waals surface area contributed by atoms with Gasteiger partial charge in [0.15, 0.2) is 5.82 Å². The predicted octanol–water partition coefficient (Wildman–Crippen LogP) is 2.80. The Labute approximate surface area is 240 Å². The summed E-state index contributed by atoms with van der Waals surface area (Å²) < 4.78 is 7.05. The highest BCUT2D eigenvalue weighted by Gasteiger charge is 2.27. The Balaban J connectivity index is 1.07. The Kier molecular flexibility index (Phi) is 8.28. The molecule has 2 aliphatic heterocycles. The van der Waals surface area contributed by atoms with Crippen molar-refractivity contribution >= 4 is 29.3 Å². The van der Waals surface area contributed by atoms with Gasteiger partial charge in [0, 0.05) is 64.0 Å². The van der Waals surface area contributed by atoms with Crippen LogP contribution in [0, 0.1) is 0 Å². The topological polar surface area (TPSA) is 131 Å². The SMILES string of the molecule is CC(=O)N1CCCN(c2cc(-n3nc(Nc4ccc([C@H]5CC[C@H](N6CCOCC6)CC5)cc4)nc3N)ncn2)CC1. The van der Waals surface area contributed by atoms with Crippen molar-refractivity contribution in [2.75, 3.05) is 68.4 Å². The number of amides is 1. The van der Waals surface area contributed by atoms with Gasteiger partial charge in [-0.3, -0.25) is 9.69 Å². The molecule has 1 aromatic carbocycles. The molecule has 0 radical (unpaired) electrons. The molecular weight excluding hydrogens is 520 g/mol. The summed E-state index contributed by atoms with van der Waals surface area (Å²) in [7, 11) is 0. The van der Waals surface area contributed by atoms with E-state index in [9.17, 15) is 4.79 Å². The molecule has 3 fully saturated rings. The minimum atomic E-state index is 0.104. The molecule has 1 saturated carbocycles. The number of nitrogens with zero attached hydrogens (tertiary/aromatic N) is 8. The van der Waals surface area contributed by atoms with Crippen molar-refractivity contribution in [2.24, 2.45) is 0 Å². The second-order valence-corrected chi connectivity index (χ2v) is 11.2. The van der Waals surface area contributed by atoms with Crippen LogP contribution in [0.3, 0.4) is 0 Å². The molecule has 2 saturated heterocycles. The van der Waals surface area contributed by atoms with E-state index in [0.717, 1.165) is 57.3 Å². The first-order valence-electron chi connectivity index (χ1n) is 14.8. The molecule has 3 aliphatic rings. The standard InChI is InChI=1S/C29H40N10O2/c1-21(40)36-11-2-12-38(14-13-36)26-19-27(32-20-31-26)39-28(30)34-29(35-39)33-24-7-3-22(4-8-24)23-5-9-25(10-6-23)37-15-17-41-18-16-37/h3-4,7-8,19-20,23,25H,2,5-6,9-18H2,1H3,(H3,30,33,34,35)/t23-,25-. The van der Waals surface area contributed by atoms with Gasteiger partial charge in [0.2, 0.25) is 17.8 Å². The molecule has 2 aromatic heterocycles. The fourth-order valence-corrected chi connectivity index (χ4v) is 6.32. The zero-order valence-electron chi connectivity index (χ0n) is 23.8. The van der Waals surface area contributed by atoms with Gasteiger partial charge in [-0.15, -0.1) is 5.10 Å². The molecule has 41 heavy (non-hydrogen) atoms. The van der Waals surface area contributed by atoms with Gasteiger partial charge in [-0.1, -0.05) is 12.1 Å². The molecule has 12 heteroatoms. The lowest BCUT2D eigenvalue weighted by molar-refractivity contribution is -0.128. The quantitative estimate of drug-likeness (QED) is 0.464. The number of nitrogen functional groups attached to an aromatic ring is 1. The maximum atomic E-state index is 11.8. The van der Waals surface area contributed by atoms with Crippen LogP contribution in [0.2, 0.25) is 0 Å². The van der Waals surface area contributed by atoms with Gasteiger partial charge in [0.05, 0.1) is 13.2 Å². The van der Waals surface area contributed by atoms with Crippen LogP contribution in [-0.4, -0.2) is 99.0 Å². The van der Waals surface area contributed by atoms with Crippen LogP contribution in [0.4, 0.5) is 23.4 Å². The van der Waals surface area contributed by atoms with E-state index in [0.29, 0.717) is 36.8 Å². The number of carbonyl (C=O) groups is 1. The third-order valence-corrected chi connectivity index (χ3v) is 8.65. The van der Waals surface area contributed by atoms with E-state index < -0.39 is 0 Å². The predicted molar refractivity (Wildman–Crippen MR) is 158 cm³/mol. The number of ether oxygens (including phenoxy) is 1. The summed E-state index contributed by atoms with van der Waals surface area (Å²) in [4.78, 5) is 31.7. The zero-order chi connectivity index (χ0) is 28.2. The third kappa shape index (κ3) is 6.43. The second kappa shape index (κ2) is 12.4. The van der Waals surface area contributed by atoms with E-state index in [2.05, 4.69) is 59.4 Å². The second-order valence-electron chi connectivity index (χ2n) is 11.2. The third-order valence-electron chi connectivity index (χ3n) is 8.65. The average molecular weight is 561 g/mol. The van der Waals surface area contributed by atoms with E-state index in [-0.39, 0.29) is 11.9 Å². The fourth-order valence-electron chi connectivity index (χ4n) is 6.32. The summed E-state index contributed by atoms with van der Waals surface area (Å²) >= 11 is 0. The minimum Gasteiger partial charge on any atom is -0.379 e. The van der Waals surface area contributed by atoms with Gasteiger partial charge in [-0.25, -0.2) is 9.97 Å². The summed E-state index contributed by atoms with van der Waals surface area (Å²) in [5, 5.41) is 7.86. The molecule has 12 nitrogen and oxygen atoms in total. The maximum absolute atomic E-state index is 11.8. The number of anilines is 4. The molecule has 4 heterocycles. The number of rotatable bonds is 6. The van der Waals surface area contributed by atoms with Crippen molar-refractivity contribution in [2.45, 2.75) is 51.0 Å². The number of nitrogens with two attached hydrogens (primary N) is 1. The highest BCUT2D eigenvalue weighted by Crippen LogP contribution is 2.35. The van der Waals surface area contributed by atoms with E-state index in [1.54, 1.807) is 6.92 Å². The van der Waals surface area contributed by atoms with Crippen LogP contribution in [0.15, 0.2) is 36.7 Å². The lowest BCUT2D eigenvalue weighted by Gasteiger charge is -2.38. The summed E-state index contributed by atoms with van der Waals surface area (Å²) in [6.07, 6.45) is 7.36. The van der Waals surface area contributed by atoms with Crippen LogP contribution in [0.25, 0.3) is 5.82 Å². The van der Waals surface area contributed by atoms with E-state index in [1.807, 2.05) is 11.0 Å². The van der Waals surface area contributed by atoms with Crippen molar-refractivity contribution in [1.82, 2.24) is 34.5 Å². The molecule has 3 aromatic rings. The summed E-state index contributed by atoms with van der Waals surface area (Å²) in [6.45, 7) is 8.44. The summed E-state index contributed by atoms with van der Waals surface area (Å²) in [5.41, 5.74) is 8.54. The lowest BCUT2D eigenvalue weighted by atomic mass is 9.81. The number of morpholine rings is 1. The van der Waals surface area contributed by atoms with Crippen molar-refractivity contribution in [3.05, 3.63) is 42.2 Å². The Morgan fingerprint density at radius 1 is 0.951 bits per heavy atom. The average Bonchev–Trinajstić information content (AvgIpc) is 3.20. The minimum absolute atomic E-state index is 0.104. The molecule has 0 unspecified atom stereocenters. The zero-order valence-corrected chi connectivity index (χ0v) is 23.8. The van der Waals surface area contributed by atoms with Crippen molar-refractivity contribution < 1.29 is 9.53 Å². The van der Waals surface area contributed by atoms with Crippen molar-refractivity contribution in [3.63, 3.8) is 0 Å². The Morgan fingerprint density at radius 2 is 1.71 bits per heavy atom. The molecule has 218 valence electrons. The summed E-state index contributed by atoms with van der Waals surface area (Å²) in [5.74, 6) is 2.68. The number of hydrogen-bond acceptors (Lipinski definition) is 10. The van der Waals surface area contributed by atoms with Gasteiger partial charge in [-0.05, 0) is 55.7 Å². The van der Waals surface area contributed by atoms with Crippen molar-refractivity contribution in [1.29, 1.82) is 0 Å². The Hall–Kier alpha value is -3.77. The fraction of sp³-hybridized carbons (Fsp3) is 0.552. The van der Waals surface area contributed by atoms with Gasteiger partial charge in [-0.2, -0.15) is 9.67 Å².